The summed E-state index contributed by atoms with van der Waals surface area (Å²) in [5.74, 6) is -1.74. The fraction of sp³-hybridized carbons (Fsp3) is 0.389. The smallest absolute Gasteiger partial charge is 0.352 e. The van der Waals surface area contributed by atoms with Crippen LogP contribution in [0, 0.1) is 0 Å². The van der Waals surface area contributed by atoms with Crippen molar-refractivity contribution in [2.45, 2.75) is 23.9 Å². The highest BCUT2D eigenvalue weighted by Crippen LogP contribution is 2.40. The van der Waals surface area contributed by atoms with Gasteiger partial charge >= 0.3 is 11.9 Å². The maximum atomic E-state index is 12.3. The molecule has 0 saturated carbocycles. The third-order valence-electron chi connectivity index (χ3n) is 4.57. The molecule has 2 aliphatic heterocycles. The van der Waals surface area contributed by atoms with E-state index in [4.69, 9.17) is 0 Å². The van der Waals surface area contributed by atoms with Gasteiger partial charge in [0.05, 0.1) is 24.9 Å². The number of nitrogens with one attached hydrogen (secondary N) is 1. The Morgan fingerprint density at radius 3 is 2.67 bits per heavy atom. The highest BCUT2D eigenvalue weighted by atomic mass is 32.2. The van der Waals surface area contributed by atoms with Crippen molar-refractivity contribution in [3.8, 4) is 0 Å². The molecule has 3 atom stereocenters. The van der Waals surface area contributed by atoms with E-state index in [1.54, 1.807) is 35.2 Å². The van der Waals surface area contributed by atoms with Crippen molar-refractivity contribution in [2.75, 3.05) is 19.4 Å². The summed E-state index contributed by atoms with van der Waals surface area (Å²) >= 11 is 1.45. The van der Waals surface area contributed by atoms with Crippen LogP contribution in [-0.4, -0.2) is 63.8 Å². The van der Waals surface area contributed by atoms with Gasteiger partial charge in [-0.05, 0) is 11.1 Å². The monoisotopic (exact) mass is 392 g/mol. The SMILES string of the molecule is COC(=O)CC1=C(C(=O)O)N2CC(NC(=O)[C@H](O)c3ccccc3)C2SC1. The molecule has 0 aliphatic carbocycles. The van der Waals surface area contributed by atoms with Crippen LogP contribution in [0.25, 0.3) is 0 Å². The number of carboxylic acids is 1. The van der Waals surface area contributed by atoms with E-state index in [-0.39, 0.29) is 23.5 Å². The average Bonchev–Trinajstić information content (AvgIpc) is 2.65. The number of ether oxygens (including phenoxy) is 1. The Kier molecular flexibility index (Phi) is 5.71. The van der Waals surface area contributed by atoms with Crippen LogP contribution in [-0.2, 0) is 19.1 Å². The number of aliphatic carboxylic acids is 1. The molecule has 1 aromatic rings. The minimum atomic E-state index is -1.28. The first-order valence-corrected chi connectivity index (χ1v) is 9.41. The molecule has 9 heteroatoms. The van der Waals surface area contributed by atoms with Crippen molar-refractivity contribution in [2.24, 2.45) is 0 Å². The molecule has 3 N–H and O–H groups in total. The van der Waals surface area contributed by atoms with Crippen molar-refractivity contribution in [1.82, 2.24) is 10.2 Å². The minimum absolute atomic E-state index is 0.0713. The quantitative estimate of drug-likeness (QED) is 0.599. The van der Waals surface area contributed by atoms with Gasteiger partial charge in [-0.2, -0.15) is 0 Å². The van der Waals surface area contributed by atoms with Gasteiger partial charge in [-0.25, -0.2) is 4.79 Å². The first kappa shape index (κ1) is 19.2. The maximum absolute atomic E-state index is 12.3. The Morgan fingerprint density at radius 1 is 1.33 bits per heavy atom. The van der Waals surface area contributed by atoms with E-state index < -0.39 is 23.9 Å². The average molecular weight is 392 g/mol. The lowest BCUT2D eigenvalue weighted by Gasteiger charge is -2.52. The Balaban J connectivity index is 1.66. The molecular weight excluding hydrogens is 372 g/mol. The fourth-order valence-electron chi connectivity index (χ4n) is 3.19. The summed E-state index contributed by atoms with van der Waals surface area (Å²) in [5, 5.41) is 22.2. The molecule has 2 unspecified atom stereocenters. The minimum Gasteiger partial charge on any atom is -0.477 e. The van der Waals surface area contributed by atoms with Gasteiger partial charge in [-0.1, -0.05) is 30.3 Å². The number of nitrogens with zero attached hydrogens (tertiary/aromatic N) is 1. The van der Waals surface area contributed by atoms with Crippen LogP contribution in [0.5, 0.6) is 0 Å². The topological polar surface area (TPSA) is 116 Å². The first-order chi connectivity index (χ1) is 12.9. The number of thioether (sulfide) groups is 1. The highest BCUT2D eigenvalue weighted by molar-refractivity contribution is 8.00. The molecule has 2 aliphatic rings. The number of methoxy groups -OCH3 is 1. The Hall–Kier alpha value is -2.52. The van der Waals surface area contributed by atoms with Gasteiger partial charge in [0.1, 0.15) is 5.70 Å². The number of hydrogen-bond donors (Lipinski definition) is 3. The number of fused-ring (bicyclic) bond motifs is 1. The third kappa shape index (κ3) is 3.93. The molecule has 1 aromatic carbocycles. The Morgan fingerprint density at radius 2 is 2.04 bits per heavy atom. The molecule has 8 nitrogen and oxygen atoms in total. The summed E-state index contributed by atoms with van der Waals surface area (Å²) in [5.41, 5.74) is 1.09. The number of carboxylic acid groups (broad SMARTS) is 1. The van der Waals surface area contributed by atoms with Crippen LogP contribution in [0.15, 0.2) is 41.6 Å². The summed E-state index contributed by atoms with van der Waals surface area (Å²) in [7, 11) is 1.26. The summed E-state index contributed by atoms with van der Waals surface area (Å²) in [6.07, 6.45) is -1.35. The maximum Gasteiger partial charge on any atom is 0.352 e. The van der Waals surface area contributed by atoms with Gasteiger partial charge in [-0.15, -0.1) is 11.8 Å². The number of rotatable bonds is 6. The van der Waals surface area contributed by atoms with E-state index in [1.807, 2.05) is 0 Å². The zero-order valence-electron chi connectivity index (χ0n) is 14.6. The van der Waals surface area contributed by atoms with Crippen LogP contribution in [0.1, 0.15) is 18.1 Å². The number of aliphatic hydroxyl groups excluding tert-OH is 1. The van der Waals surface area contributed by atoms with Crippen molar-refractivity contribution >= 4 is 29.6 Å². The zero-order chi connectivity index (χ0) is 19.6. The number of amides is 1. The zero-order valence-corrected chi connectivity index (χ0v) is 15.4. The molecule has 0 bridgehead atoms. The lowest BCUT2D eigenvalue weighted by Crippen LogP contribution is -2.67. The van der Waals surface area contributed by atoms with Crippen molar-refractivity contribution < 1.29 is 29.3 Å². The number of carbonyl (C=O) groups excluding carboxylic acids is 2. The molecule has 1 amide bonds. The molecular formula is C18H20N2O6S. The number of benzene rings is 1. The van der Waals surface area contributed by atoms with Crippen LogP contribution >= 0.6 is 11.8 Å². The second kappa shape index (κ2) is 8.01. The lowest BCUT2D eigenvalue weighted by molar-refractivity contribution is -0.139. The van der Waals surface area contributed by atoms with Crippen molar-refractivity contribution in [1.29, 1.82) is 0 Å². The van der Waals surface area contributed by atoms with Gasteiger partial charge in [0.2, 0.25) is 0 Å². The molecule has 0 radical (unpaired) electrons. The summed E-state index contributed by atoms with van der Waals surface area (Å²) in [6, 6.07) is 8.31. The molecule has 0 spiro atoms. The summed E-state index contributed by atoms with van der Waals surface area (Å²) in [4.78, 5) is 37.1. The van der Waals surface area contributed by atoms with Crippen molar-refractivity contribution in [3.05, 3.63) is 47.2 Å². The molecule has 3 rings (SSSR count). The molecule has 27 heavy (non-hydrogen) atoms. The number of esters is 1. The predicted molar refractivity (Wildman–Crippen MR) is 97.6 cm³/mol. The Bertz CT molecular complexity index is 781. The van der Waals surface area contributed by atoms with Crippen molar-refractivity contribution in [3.63, 3.8) is 0 Å². The van der Waals surface area contributed by atoms with E-state index in [0.717, 1.165) is 0 Å². The molecule has 0 aromatic heterocycles. The van der Waals surface area contributed by atoms with Crippen LogP contribution in [0.2, 0.25) is 0 Å². The first-order valence-electron chi connectivity index (χ1n) is 8.36. The molecule has 2 heterocycles. The summed E-state index contributed by atoms with van der Waals surface area (Å²) in [6.45, 7) is 0.303. The normalized spacial score (nSPS) is 22.4. The second-order valence-corrected chi connectivity index (χ2v) is 7.40. The molecule has 1 fully saturated rings. The Labute approximate surface area is 160 Å². The lowest BCUT2D eigenvalue weighted by atomic mass is 10.0. The fourth-order valence-corrected chi connectivity index (χ4v) is 4.56. The van der Waals surface area contributed by atoms with E-state index in [1.165, 1.54) is 18.9 Å². The van der Waals surface area contributed by atoms with Gasteiger partial charge in [-0.3, -0.25) is 9.59 Å². The third-order valence-corrected chi connectivity index (χ3v) is 6.01. The number of carbonyl (C=O) groups is 3. The van der Waals surface area contributed by atoms with Crippen LogP contribution in [0.4, 0.5) is 0 Å². The number of aliphatic hydroxyl groups is 1. The summed E-state index contributed by atoms with van der Waals surface area (Å²) < 4.78 is 4.62. The van der Waals surface area contributed by atoms with Gasteiger partial charge in [0.25, 0.3) is 5.91 Å². The van der Waals surface area contributed by atoms with Crippen LogP contribution in [0.3, 0.4) is 0 Å². The number of hydrogen-bond acceptors (Lipinski definition) is 7. The molecule has 144 valence electrons. The van der Waals surface area contributed by atoms with Gasteiger partial charge in [0.15, 0.2) is 6.10 Å². The second-order valence-electron chi connectivity index (χ2n) is 6.29. The highest BCUT2D eigenvalue weighted by Gasteiger charge is 2.47. The molecule has 1 saturated heterocycles. The van der Waals surface area contributed by atoms with Gasteiger partial charge < -0.3 is 25.2 Å². The van der Waals surface area contributed by atoms with Crippen LogP contribution < -0.4 is 5.32 Å². The van der Waals surface area contributed by atoms with E-state index in [9.17, 15) is 24.6 Å². The largest absolute Gasteiger partial charge is 0.477 e. The van der Waals surface area contributed by atoms with E-state index in [2.05, 4.69) is 10.1 Å². The van der Waals surface area contributed by atoms with E-state index >= 15 is 0 Å². The van der Waals surface area contributed by atoms with Gasteiger partial charge in [0, 0.05) is 12.3 Å². The predicted octanol–water partition coefficient (Wildman–Crippen LogP) is 0.495. The standard InChI is InChI=1S/C18H20N2O6S/c1-26-13(21)7-11-9-27-17-12(8-20(17)14(11)18(24)25)19-16(23)15(22)10-5-3-2-4-6-10/h2-6,12,15,17,22H,7-9H2,1H3,(H,19,23)(H,24,25)/t12?,15-,17?/m1/s1. The van der Waals surface area contributed by atoms with E-state index in [0.29, 0.717) is 23.4 Å².